The van der Waals surface area contributed by atoms with Crippen LogP contribution in [-0.4, -0.2) is 32.8 Å². The summed E-state index contributed by atoms with van der Waals surface area (Å²) in [5, 5.41) is 15.4. The number of nitrogens with one attached hydrogen (secondary N) is 1. The molecule has 1 aromatic carbocycles. The first-order valence-electron chi connectivity index (χ1n) is 7.32. The van der Waals surface area contributed by atoms with Crippen LogP contribution in [0.5, 0.6) is 0 Å². The van der Waals surface area contributed by atoms with Gasteiger partial charge in [-0.05, 0) is 30.5 Å². The number of carboxylic acids is 1. The predicted octanol–water partition coefficient (Wildman–Crippen LogP) is 2.38. The number of amides is 1. The number of rotatable bonds is 6. The van der Waals surface area contributed by atoms with Crippen molar-refractivity contribution < 1.29 is 23.5 Å². The molecule has 0 aliphatic heterocycles. The first-order chi connectivity index (χ1) is 11.3. The molecule has 0 fully saturated rings. The highest BCUT2D eigenvalue weighted by molar-refractivity contribution is 5.94. The Morgan fingerprint density at radius 1 is 1.29 bits per heavy atom. The van der Waals surface area contributed by atoms with Gasteiger partial charge >= 0.3 is 5.97 Å². The lowest BCUT2D eigenvalue weighted by atomic mass is 10.0. The molecule has 2 aromatic rings. The molecule has 1 aromatic heterocycles. The van der Waals surface area contributed by atoms with Crippen molar-refractivity contribution in [3.8, 4) is 5.69 Å². The van der Waals surface area contributed by atoms with Crippen LogP contribution in [0.2, 0.25) is 0 Å². The van der Waals surface area contributed by atoms with Crippen molar-refractivity contribution in [1.82, 2.24) is 15.1 Å². The molecular formula is C16H17F2N3O3. The number of nitrogens with zero attached hydrogens (tertiary/aromatic N) is 2. The topological polar surface area (TPSA) is 84.2 Å². The van der Waals surface area contributed by atoms with Gasteiger partial charge in [0.15, 0.2) is 11.5 Å². The van der Waals surface area contributed by atoms with Gasteiger partial charge < -0.3 is 10.4 Å². The summed E-state index contributed by atoms with van der Waals surface area (Å²) in [5.74, 6) is -3.28. The molecule has 0 radical (unpaired) electrons. The molecule has 128 valence electrons. The Balaban J connectivity index is 2.17. The monoisotopic (exact) mass is 337 g/mol. The number of benzene rings is 1. The summed E-state index contributed by atoms with van der Waals surface area (Å²) in [7, 11) is 0. The van der Waals surface area contributed by atoms with Crippen molar-refractivity contribution in [2.24, 2.45) is 5.92 Å². The second-order valence-electron chi connectivity index (χ2n) is 5.74. The molecule has 1 atom stereocenters. The van der Waals surface area contributed by atoms with Crippen molar-refractivity contribution in [2.75, 3.05) is 0 Å². The number of carbonyl (C=O) groups is 2. The second kappa shape index (κ2) is 7.20. The lowest BCUT2D eigenvalue weighted by Crippen LogP contribution is -2.41. The van der Waals surface area contributed by atoms with E-state index in [1.807, 2.05) is 13.8 Å². The van der Waals surface area contributed by atoms with Gasteiger partial charge in [-0.15, -0.1) is 0 Å². The van der Waals surface area contributed by atoms with Gasteiger partial charge in [-0.1, -0.05) is 13.8 Å². The molecule has 1 unspecified atom stereocenters. The zero-order chi connectivity index (χ0) is 17.9. The molecule has 24 heavy (non-hydrogen) atoms. The molecule has 2 rings (SSSR count). The van der Waals surface area contributed by atoms with Gasteiger partial charge in [0.25, 0.3) is 5.91 Å². The largest absolute Gasteiger partial charge is 0.480 e. The molecule has 8 heteroatoms. The Morgan fingerprint density at radius 3 is 2.58 bits per heavy atom. The molecule has 0 spiro atoms. The molecule has 1 heterocycles. The quantitative estimate of drug-likeness (QED) is 0.848. The summed E-state index contributed by atoms with van der Waals surface area (Å²) >= 11 is 0. The first-order valence-corrected chi connectivity index (χ1v) is 7.32. The van der Waals surface area contributed by atoms with Crippen molar-refractivity contribution in [3.05, 3.63) is 47.8 Å². The maximum absolute atomic E-state index is 13.7. The Hall–Kier alpha value is -2.77. The van der Waals surface area contributed by atoms with Gasteiger partial charge in [0.1, 0.15) is 17.5 Å². The van der Waals surface area contributed by atoms with E-state index in [2.05, 4.69) is 10.4 Å². The average molecular weight is 337 g/mol. The van der Waals surface area contributed by atoms with Crippen LogP contribution in [-0.2, 0) is 4.79 Å². The fourth-order valence-corrected chi connectivity index (χ4v) is 2.17. The van der Waals surface area contributed by atoms with E-state index in [4.69, 9.17) is 5.11 Å². The number of carboxylic acid groups (broad SMARTS) is 1. The lowest BCUT2D eigenvalue weighted by Gasteiger charge is -2.15. The molecule has 2 N–H and O–H groups in total. The molecule has 0 saturated carbocycles. The number of hydrogen-bond donors (Lipinski definition) is 2. The zero-order valence-corrected chi connectivity index (χ0v) is 13.2. The summed E-state index contributed by atoms with van der Waals surface area (Å²) in [4.78, 5) is 23.3. The normalized spacial score (nSPS) is 12.2. The predicted molar refractivity (Wildman–Crippen MR) is 81.8 cm³/mol. The Morgan fingerprint density at radius 2 is 2.00 bits per heavy atom. The van der Waals surface area contributed by atoms with Gasteiger partial charge in [0, 0.05) is 12.3 Å². The van der Waals surface area contributed by atoms with Gasteiger partial charge in [-0.3, -0.25) is 4.79 Å². The van der Waals surface area contributed by atoms with Crippen LogP contribution in [0.25, 0.3) is 5.69 Å². The number of carbonyl (C=O) groups excluding carboxylic acids is 1. The zero-order valence-electron chi connectivity index (χ0n) is 13.2. The van der Waals surface area contributed by atoms with E-state index in [-0.39, 0.29) is 23.7 Å². The van der Waals surface area contributed by atoms with Gasteiger partial charge in [-0.2, -0.15) is 5.10 Å². The second-order valence-corrected chi connectivity index (χ2v) is 5.74. The summed E-state index contributed by atoms with van der Waals surface area (Å²) in [6, 6.07) is 3.26. The third kappa shape index (κ3) is 4.15. The van der Waals surface area contributed by atoms with E-state index in [9.17, 15) is 18.4 Å². The first kappa shape index (κ1) is 17.6. The minimum Gasteiger partial charge on any atom is -0.480 e. The SMILES string of the molecule is CC(C)CC(NC(=O)c1ccn(-c2ccc(F)cc2F)n1)C(=O)O. The maximum Gasteiger partial charge on any atom is 0.326 e. The molecule has 1 amide bonds. The van der Waals surface area contributed by atoms with E-state index in [0.29, 0.717) is 6.07 Å². The standard InChI is InChI=1S/C16H17F2N3O3/c1-9(2)7-13(16(23)24)19-15(22)12-5-6-21(20-12)14-4-3-10(17)8-11(14)18/h3-6,8-9,13H,7H2,1-2H3,(H,19,22)(H,23,24). The summed E-state index contributed by atoms with van der Waals surface area (Å²) in [6.07, 6.45) is 1.61. The van der Waals surface area contributed by atoms with Crippen molar-refractivity contribution >= 4 is 11.9 Å². The molecule has 0 bridgehead atoms. The number of aromatic nitrogens is 2. The third-order valence-electron chi connectivity index (χ3n) is 3.29. The fraction of sp³-hybridized carbons (Fsp3) is 0.312. The van der Waals surface area contributed by atoms with Gasteiger partial charge in [0.2, 0.25) is 0 Å². The van der Waals surface area contributed by atoms with Crippen molar-refractivity contribution in [3.63, 3.8) is 0 Å². The molecule has 6 nitrogen and oxygen atoms in total. The van der Waals surface area contributed by atoms with E-state index in [0.717, 1.165) is 10.7 Å². The van der Waals surface area contributed by atoms with E-state index < -0.39 is 29.6 Å². The van der Waals surface area contributed by atoms with Crippen molar-refractivity contribution in [1.29, 1.82) is 0 Å². The minimum atomic E-state index is -1.14. The summed E-state index contributed by atoms with van der Waals surface area (Å²) < 4.78 is 27.7. The lowest BCUT2D eigenvalue weighted by molar-refractivity contribution is -0.139. The van der Waals surface area contributed by atoms with Crippen LogP contribution in [0.3, 0.4) is 0 Å². The minimum absolute atomic E-state index is 0.0209. The van der Waals surface area contributed by atoms with Gasteiger partial charge in [-0.25, -0.2) is 18.3 Å². The number of aliphatic carboxylic acids is 1. The van der Waals surface area contributed by atoms with E-state index >= 15 is 0 Å². The highest BCUT2D eigenvalue weighted by Gasteiger charge is 2.23. The average Bonchev–Trinajstić information content (AvgIpc) is 2.95. The molecule has 0 saturated heterocycles. The third-order valence-corrected chi connectivity index (χ3v) is 3.29. The maximum atomic E-state index is 13.7. The van der Waals surface area contributed by atoms with Crippen LogP contribution in [0.1, 0.15) is 30.8 Å². The smallest absolute Gasteiger partial charge is 0.326 e. The van der Waals surface area contributed by atoms with Crippen LogP contribution in [0, 0.1) is 17.6 Å². The fourth-order valence-electron chi connectivity index (χ4n) is 2.17. The number of hydrogen-bond acceptors (Lipinski definition) is 3. The molecule has 0 aliphatic carbocycles. The van der Waals surface area contributed by atoms with E-state index in [1.54, 1.807) is 0 Å². The van der Waals surface area contributed by atoms with Crippen LogP contribution in [0.15, 0.2) is 30.5 Å². The van der Waals surface area contributed by atoms with Crippen LogP contribution < -0.4 is 5.32 Å². The van der Waals surface area contributed by atoms with Crippen LogP contribution >= 0.6 is 0 Å². The number of halogens is 2. The Kier molecular flexibility index (Phi) is 5.28. The highest BCUT2D eigenvalue weighted by atomic mass is 19.1. The van der Waals surface area contributed by atoms with E-state index in [1.165, 1.54) is 18.3 Å². The summed E-state index contributed by atoms with van der Waals surface area (Å²) in [6.45, 7) is 3.68. The van der Waals surface area contributed by atoms with Crippen LogP contribution in [0.4, 0.5) is 8.78 Å². The summed E-state index contributed by atoms with van der Waals surface area (Å²) in [5.41, 5.74) is -0.0823. The molecular weight excluding hydrogens is 320 g/mol. The molecule has 0 aliphatic rings. The van der Waals surface area contributed by atoms with Crippen molar-refractivity contribution in [2.45, 2.75) is 26.3 Å². The van der Waals surface area contributed by atoms with Gasteiger partial charge in [0.05, 0.1) is 0 Å². The Bertz CT molecular complexity index is 759. The highest BCUT2D eigenvalue weighted by Crippen LogP contribution is 2.14. The Labute approximate surface area is 137 Å².